The van der Waals surface area contributed by atoms with Crippen molar-refractivity contribution in [2.24, 2.45) is 5.41 Å². The van der Waals surface area contributed by atoms with Gasteiger partial charge in [-0.15, -0.1) is 5.10 Å². The number of hydrogen-bond acceptors (Lipinski definition) is 7. The van der Waals surface area contributed by atoms with Gasteiger partial charge < -0.3 is 5.32 Å². The van der Waals surface area contributed by atoms with Crippen LogP contribution in [0.2, 0.25) is 5.02 Å². The molecular weight excluding hydrogens is 474 g/mol. The number of fused-ring (bicyclic) bond motifs is 1. The van der Waals surface area contributed by atoms with Gasteiger partial charge in [-0.1, -0.05) is 55.4 Å². The van der Waals surface area contributed by atoms with Gasteiger partial charge in [-0.05, 0) is 41.2 Å². The van der Waals surface area contributed by atoms with Gasteiger partial charge in [0.1, 0.15) is 6.04 Å². The second-order valence-corrected chi connectivity index (χ2v) is 10.6. The quantitative estimate of drug-likeness (QED) is 0.271. The number of non-ortho nitro benzene ring substituents is 1. The summed E-state index contributed by atoms with van der Waals surface area (Å²) in [6.07, 6.45) is 1.13. The summed E-state index contributed by atoms with van der Waals surface area (Å²) in [6, 6.07) is 13.4. The fourth-order valence-corrected chi connectivity index (χ4v) is 5.61. The lowest BCUT2D eigenvalue weighted by molar-refractivity contribution is -0.384. The molecule has 0 saturated heterocycles. The maximum absolute atomic E-state index is 13.3. The van der Waals surface area contributed by atoms with Gasteiger partial charge in [-0.2, -0.15) is 4.98 Å². The van der Waals surface area contributed by atoms with Crippen molar-refractivity contribution in [2.75, 3.05) is 5.32 Å². The van der Waals surface area contributed by atoms with Crippen molar-refractivity contribution in [1.29, 1.82) is 0 Å². The highest BCUT2D eigenvalue weighted by Gasteiger charge is 2.42. The first-order valence-corrected chi connectivity index (χ1v) is 12.2. The van der Waals surface area contributed by atoms with Gasteiger partial charge in [0.15, 0.2) is 5.78 Å². The number of Topliss-reactive ketones (excluding diaryl/α,β-unsaturated/α-hetero) is 1. The molecule has 0 radical (unpaired) electrons. The lowest BCUT2D eigenvalue weighted by Crippen LogP contribution is -2.36. The number of nitro benzene ring substituents is 1. The van der Waals surface area contributed by atoms with Crippen LogP contribution in [0.25, 0.3) is 0 Å². The van der Waals surface area contributed by atoms with E-state index in [1.54, 1.807) is 16.8 Å². The minimum absolute atomic E-state index is 0.00205. The van der Waals surface area contributed by atoms with Crippen LogP contribution in [0.5, 0.6) is 0 Å². The van der Waals surface area contributed by atoms with E-state index in [0.29, 0.717) is 40.3 Å². The number of rotatable bonds is 5. The zero-order valence-electron chi connectivity index (χ0n) is 18.6. The molecule has 1 atom stereocenters. The molecule has 0 saturated carbocycles. The van der Waals surface area contributed by atoms with Crippen LogP contribution < -0.4 is 5.32 Å². The Hall–Kier alpha value is -3.17. The summed E-state index contributed by atoms with van der Waals surface area (Å²) in [7, 11) is 0. The van der Waals surface area contributed by atoms with E-state index in [1.165, 1.54) is 23.9 Å². The highest BCUT2D eigenvalue weighted by atomic mass is 35.5. The lowest BCUT2D eigenvalue weighted by Gasteiger charge is -2.38. The summed E-state index contributed by atoms with van der Waals surface area (Å²) in [6.45, 7) is 4.14. The molecule has 3 aromatic rings. The molecule has 10 heteroatoms. The van der Waals surface area contributed by atoms with Crippen molar-refractivity contribution in [2.45, 2.75) is 43.6 Å². The molecule has 2 aromatic carbocycles. The number of anilines is 1. The van der Waals surface area contributed by atoms with E-state index in [-0.39, 0.29) is 16.9 Å². The van der Waals surface area contributed by atoms with Crippen molar-refractivity contribution < 1.29 is 9.72 Å². The molecule has 1 aliphatic carbocycles. The van der Waals surface area contributed by atoms with E-state index in [9.17, 15) is 14.9 Å². The van der Waals surface area contributed by atoms with E-state index in [1.807, 2.05) is 24.3 Å². The van der Waals surface area contributed by atoms with Crippen molar-refractivity contribution >= 4 is 40.8 Å². The average molecular weight is 496 g/mol. The zero-order valence-corrected chi connectivity index (χ0v) is 20.2. The summed E-state index contributed by atoms with van der Waals surface area (Å²) in [5.74, 6) is 1.20. The third-order valence-corrected chi connectivity index (χ3v) is 7.30. The molecule has 8 nitrogen and oxygen atoms in total. The second kappa shape index (κ2) is 8.56. The van der Waals surface area contributed by atoms with E-state index in [4.69, 9.17) is 16.7 Å². The first-order valence-electron chi connectivity index (χ1n) is 10.8. The maximum atomic E-state index is 13.3. The highest BCUT2D eigenvalue weighted by Crippen LogP contribution is 2.46. The third-order valence-electron chi connectivity index (χ3n) is 6.05. The Kier molecular flexibility index (Phi) is 5.69. The number of hydrogen-bond donors (Lipinski definition) is 1. The van der Waals surface area contributed by atoms with Gasteiger partial charge in [0.2, 0.25) is 11.1 Å². The van der Waals surface area contributed by atoms with Crippen LogP contribution in [-0.2, 0) is 10.5 Å². The summed E-state index contributed by atoms with van der Waals surface area (Å²) in [5, 5.41) is 20.4. The standard InChI is InChI=1S/C24H22ClN5O3S/c1-24(2)11-18-20(19(31)12-24)21(14-7-9-16(10-8-14)30(32)33)29-22(26-18)27-23(28-29)34-13-15-5-3-4-6-17(15)25/h3-10,21H,11-13H2,1-2H3,(H,26,27,28)/t21-/m1/s1. The molecule has 5 rings (SSSR count). The van der Waals surface area contributed by atoms with Crippen LogP contribution in [0.3, 0.4) is 0 Å². The number of halogens is 1. The molecule has 34 heavy (non-hydrogen) atoms. The Morgan fingerprint density at radius 3 is 2.65 bits per heavy atom. The van der Waals surface area contributed by atoms with Crippen LogP contribution in [0.4, 0.5) is 11.6 Å². The molecule has 0 amide bonds. The number of benzene rings is 2. The van der Waals surface area contributed by atoms with Gasteiger partial charge in [0.25, 0.3) is 5.69 Å². The monoisotopic (exact) mass is 495 g/mol. The number of nitro groups is 1. The molecule has 174 valence electrons. The van der Waals surface area contributed by atoms with Crippen LogP contribution >= 0.6 is 23.4 Å². The zero-order chi connectivity index (χ0) is 24.0. The van der Waals surface area contributed by atoms with Gasteiger partial charge in [-0.25, -0.2) is 4.68 Å². The Labute approximate surface area is 205 Å². The number of ketones is 1. The molecule has 0 spiro atoms. The van der Waals surface area contributed by atoms with E-state index >= 15 is 0 Å². The Morgan fingerprint density at radius 2 is 1.94 bits per heavy atom. The number of allylic oxidation sites excluding steroid dienone is 2. The first-order chi connectivity index (χ1) is 16.2. The Morgan fingerprint density at radius 1 is 1.21 bits per heavy atom. The predicted molar refractivity (Wildman–Crippen MR) is 131 cm³/mol. The van der Waals surface area contributed by atoms with Crippen molar-refractivity contribution in [3.8, 4) is 0 Å². The number of nitrogens with one attached hydrogen (secondary N) is 1. The molecular formula is C24H22ClN5O3S. The number of thioether (sulfide) groups is 1. The molecule has 2 aliphatic rings. The number of carbonyl (C=O) groups is 1. The lowest BCUT2D eigenvalue weighted by atomic mass is 9.73. The van der Waals surface area contributed by atoms with Crippen molar-refractivity contribution in [3.05, 3.63) is 86.1 Å². The highest BCUT2D eigenvalue weighted by molar-refractivity contribution is 7.98. The fourth-order valence-electron chi connectivity index (χ4n) is 4.49. The smallest absolute Gasteiger partial charge is 0.269 e. The average Bonchev–Trinajstić information content (AvgIpc) is 3.19. The van der Waals surface area contributed by atoms with Gasteiger partial charge in [0.05, 0.1) is 4.92 Å². The first kappa shape index (κ1) is 22.6. The van der Waals surface area contributed by atoms with Crippen LogP contribution in [0.15, 0.2) is 65.0 Å². The predicted octanol–water partition coefficient (Wildman–Crippen LogP) is 5.79. The van der Waals surface area contributed by atoms with Crippen molar-refractivity contribution in [1.82, 2.24) is 14.8 Å². The molecule has 1 aromatic heterocycles. The van der Waals surface area contributed by atoms with Crippen LogP contribution in [0, 0.1) is 15.5 Å². The van der Waals surface area contributed by atoms with Crippen LogP contribution in [-0.4, -0.2) is 25.5 Å². The summed E-state index contributed by atoms with van der Waals surface area (Å²) < 4.78 is 1.71. The van der Waals surface area contributed by atoms with Gasteiger partial charge >= 0.3 is 0 Å². The molecule has 1 N–H and O–H groups in total. The van der Waals surface area contributed by atoms with Gasteiger partial charge in [-0.3, -0.25) is 14.9 Å². The molecule has 0 fully saturated rings. The second-order valence-electron chi connectivity index (χ2n) is 9.25. The molecule has 1 aliphatic heterocycles. The maximum Gasteiger partial charge on any atom is 0.269 e. The van der Waals surface area contributed by atoms with Crippen molar-refractivity contribution in [3.63, 3.8) is 0 Å². The molecule has 2 heterocycles. The van der Waals surface area contributed by atoms with Gasteiger partial charge in [0, 0.05) is 40.6 Å². The minimum Gasteiger partial charge on any atom is -0.328 e. The Balaban J connectivity index is 1.54. The summed E-state index contributed by atoms with van der Waals surface area (Å²) in [4.78, 5) is 28.7. The van der Waals surface area contributed by atoms with Crippen LogP contribution in [0.1, 0.15) is 43.9 Å². The number of nitrogens with zero attached hydrogens (tertiary/aromatic N) is 4. The van der Waals surface area contributed by atoms with E-state index < -0.39 is 11.0 Å². The molecule has 0 unspecified atom stereocenters. The van der Waals surface area contributed by atoms with E-state index in [0.717, 1.165) is 16.8 Å². The van der Waals surface area contributed by atoms with E-state index in [2.05, 4.69) is 24.1 Å². The number of carbonyl (C=O) groups excluding carboxylic acids is 1. The third kappa shape index (κ3) is 4.21. The summed E-state index contributed by atoms with van der Waals surface area (Å²) in [5.41, 5.74) is 3.04. The largest absolute Gasteiger partial charge is 0.328 e. The minimum atomic E-state index is -0.502. The SMILES string of the molecule is CC1(C)CC(=O)C2=C(C1)Nc1nc(SCc3ccccc3Cl)nn1[C@@H]2c1ccc([N+](=O)[O-])cc1. The molecule has 0 bridgehead atoms. The topological polar surface area (TPSA) is 103 Å². The number of aromatic nitrogens is 3. The summed E-state index contributed by atoms with van der Waals surface area (Å²) >= 11 is 7.75. The Bertz CT molecular complexity index is 1330. The fraction of sp³-hybridized carbons (Fsp3) is 0.292. The normalized spacial score (nSPS) is 18.8.